The maximum Gasteiger partial charge on any atom is 0.230 e. The predicted octanol–water partition coefficient (Wildman–Crippen LogP) is 1.40. The van der Waals surface area contributed by atoms with Gasteiger partial charge in [-0.3, -0.25) is 4.79 Å². The molecule has 0 saturated carbocycles. The van der Waals surface area contributed by atoms with Gasteiger partial charge in [-0.15, -0.1) is 0 Å². The first-order chi connectivity index (χ1) is 7.76. The van der Waals surface area contributed by atoms with Crippen molar-refractivity contribution < 1.29 is 9.53 Å². The van der Waals surface area contributed by atoms with Gasteiger partial charge in [0.15, 0.2) is 0 Å². The summed E-state index contributed by atoms with van der Waals surface area (Å²) in [6.45, 7) is 0.801. The van der Waals surface area contributed by atoms with E-state index in [-0.39, 0.29) is 11.3 Å². The molecule has 0 radical (unpaired) electrons. The molecule has 1 heterocycles. The van der Waals surface area contributed by atoms with Crippen LogP contribution in [0.1, 0.15) is 24.0 Å². The molecular weight excluding hydrogens is 202 g/mol. The molecule has 1 N–H and O–H groups in total. The van der Waals surface area contributed by atoms with Crippen LogP contribution < -0.4 is 10.1 Å². The normalized spacial score (nSPS) is 26.9. The minimum atomic E-state index is -0.260. The molecule has 1 saturated heterocycles. The molecule has 1 aliphatic heterocycles. The number of ether oxygens (including phenoxy) is 1. The number of hydrogen-bond acceptors (Lipinski definition) is 2. The van der Waals surface area contributed by atoms with Crippen LogP contribution in [0.25, 0.3) is 0 Å². The SMILES string of the molecule is COc1ccc2c(c1)C1(CCNC1=O)CC2. The quantitative estimate of drug-likeness (QED) is 0.772. The van der Waals surface area contributed by atoms with E-state index >= 15 is 0 Å². The number of carbonyl (C=O) groups is 1. The molecule has 1 aromatic rings. The summed E-state index contributed by atoms with van der Waals surface area (Å²) >= 11 is 0. The largest absolute Gasteiger partial charge is 0.497 e. The molecule has 0 bridgehead atoms. The van der Waals surface area contributed by atoms with E-state index < -0.39 is 0 Å². The number of hydrogen-bond donors (Lipinski definition) is 1. The van der Waals surface area contributed by atoms with Gasteiger partial charge >= 0.3 is 0 Å². The molecule has 84 valence electrons. The molecule has 1 aliphatic carbocycles. The Bertz CT molecular complexity index is 455. The Morgan fingerprint density at radius 2 is 2.25 bits per heavy atom. The van der Waals surface area contributed by atoms with E-state index in [1.165, 1.54) is 11.1 Å². The van der Waals surface area contributed by atoms with Crippen molar-refractivity contribution >= 4 is 5.91 Å². The molecule has 1 aromatic carbocycles. The van der Waals surface area contributed by atoms with Crippen molar-refractivity contribution in [1.29, 1.82) is 0 Å². The maximum absolute atomic E-state index is 12.0. The van der Waals surface area contributed by atoms with E-state index in [9.17, 15) is 4.79 Å². The van der Waals surface area contributed by atoms with Gasteiger partial charge in [0.25, 0.3) is 0 Å². The Morgan fingerprint density at radius 3 is 2.94 bits per heavy atom. The number of benzene rings is 1. The highest BCUT2D eigenvalue weighted by molar-refractivity contribution is 5.91. The molecule has 1 unspecified atom stereocenters. The topological polar surface area (TPSA) is 38.3 Å². The van der Waals surface area contributed by atoms with Crippen LogP contribution >= 0.6 is 0 Å². The van der Waals surface area contributed by atoms with Gasteiger partial charge in [0.1, 0.15) is 5.75 Å². The predicted molar refractivity (Wildman–Crippen MR) is 60.6 cm³/mol. The summed E-state index contributed by atoms with van der Waals surface area (Å²) in [5.41, 5.74) is 2.23. The van der Waals surface area contributed by atoms with Gasteiger partial charge in [0, 0.05) is 6.54 Å². The molecule has 3 heteroatoms. The van der Waals surface area contributed by atoms with Crippen LogP contribution in [0.3, 0.4) is 0 Å². The summed E-state index contributed by atoms with van der Waals surface area (Å²) in [5, 5.41) is 2.95. The van der Waals surface area contributed by atoms with E-state index in [1.54, 1.807) is 7.11 Å². The number of amides is 1. The Balaban J connectivity index is 2.13. The van der Waals surface area contributed by atoms with Gasteiger partial charge in [0.05, 0.1) is 12.5 Å². The first kappa shape index (κ1) is 9.70. The third-order valence-electron chi connectivity index (χ3n) is 3.93. The average molecular weight is 217 g/mol. The van der Waals surface area contributed by atoms with Crippen LogP contribution in [0.15, 0.2) is 18.2 Å². The lowest BCUT2D eigenvalue weighted by molar-refractivity contribution is -0.123. The van der Waals surface area contributed by atoms with Gasteiger partial charge < -0.3 is 10.1 Å². The summed E-state index contributed by atoms with van der Waals surface area (Å²) in [6.07, 6.45) is 2.88. The molecule has 1 atom stereocenters. The second-order valence-electron chi connectivity index (χ2n) is 4.61. The number of aryl methyl sites for hydroxylation is 1. The van der Waals surface area contributed by atoms with Gasteiger partial charge in [0.2, 0.25) is 5.91 Å². The summed E-state index contributed by atoms with van der Waals surface area (Å²) in [7, 11) is 1.66. The minimum Gasteiger partial charge on any atom is -0.497 e. The zero-order chi connectivity index (χ0) is 11.2. The first-order valence-electron chi connectivity index (χ1n) is 5.72. The molecule has 1 amide bonds. The van der Waals surface area contributed by atoms with E-state index in [4.69, 9.17) is 4.74 Å². The van der Waals surface area contributed by atoms with Crippen LogP contribution in [0.5, 0.6) is 5.75 Å². The molecule has 2 aliphatic rings. The minimum absolute atomic E-state index is 0.194. The van der Waals surface area contributed by atoms with Crippen LogP contribution in [0.2, 0.25) is 0 Å². The van der Waals surface area contributed by atoms with Crippen LogP contribution in [-0.4, -0.2) is 19.6 Å². The molecular formula is C13H15NO2. The molecule has 1 spiro atoms. The van der Waals surface area contributed by atoms with E-state index in [2.05, 4.69) is 11.4 Å². The molecule has 3 rings (SSSR count). The van der Waals surface area contributed by atoms with Gasteiger partial charge in [-0.2, -0.15) is 0 Å². The van der Waals surface area contributed by atoms with Gasteiger partial charge in [-0.05, 0) is 42.5 Å². The standard InChI is InChI=1S/C13H15NO2/c1-16-10-3-2-9-4-5-13(11(9)8-10)6-7-14-12(13)15/h2-3,8H,4-7H2,1H3,(H,14,15). The summed E-state index contributed by atoms with van der Waals surface area (Å²) < 4.78 is 5.25. The Hall–Kier alpha value is -1.51. The monoisotopic (exact) mass is 217 g/mol. The molecule has 16 heavy (non-hydrogen) atoms. The van der Waals surface area contributed by atoms with Crippen LogP contribution in [-0.2, 0) is 16.6 Å². The molecule has 0 aromatic heterocycles. The van der Waals surface area contributed by atoms with E-state index in [0.29, 0.717) is 0 Å². The summed E-state index contributed by atoms with van der Waals surface area (Å²) in [4.78, 5) is 12.0. The first-order valence-corrected chi connectivity index (χ1v) is 5.72. The van der Waals surface area contributed by atoms with Gasteiger partial charge in [-0.25, -0.2) is 0 Å². The van der Waals surface area contributed by atoms with E-state index in [1.807, 2.05) is 12.1 Å². The lowest BCUT2D eigenvalue weighted by Gasteiger charge is -2.21. The fourth-order valence-corrected chi connectivity index (χ4v) is 3.00. The lowest BCUT2D eigenvalue weighted by Crippen LogP contribution is -2.33. The molecule has 3 nitrogen and oxygen atoms in total. The third kappa shape index (κ3) is 1.11. The number of carbonyl (C=O) groups excluding carboxylic acids is 1. The number of methoxy groups -OCH3 is 1. The Kier molecular flexibility index (Phi) is 1.96. The van der Waals surface area contributed by atoms with Crippen molar-refractivity contribution in [3.8, 4) is 5.75 Å². The van der Waals surface area contributed by atoms with Crippen molar-refractivity contribution in [2.75, 3.05) is 13.7 Å². The van der Waals surface area contributed by atoms with Crippen LogP contribution in [0.4, 0.5) is 0 Å². The smallest absolute Gasteiger partial charge is 0.230 e. The van der Waals surface area contributed by atoms with E-state index in [0.717, 1.165) is 31.6 Å². The highest BCUT2D eigenvalue weighted by Gasteiger charge is 2.48. The van der Waals surface area contributed by atoms with Gasteiger partial charge in [-0.1, -0.05) is 6.07 Å². The summed E-state index contributed by atoms with van der Waals surface area (Å²) in [5.74, 6) is 1.04. The summed E-state index contributed by atoms with van der Waals surface area (Å²) in [6, 6.07) is 6.10. The number of fused-ring (bicyclic) bond motifs is 2. The van der Waals surface area contributed by atoms with Crippen molar-refractivity contribution in [2.45, 2.75) is 24.7 Å². The highest BCUT2D eigenvalue weighted by atomic mass is 16.5. The number of nitrogens with one attached hydrogen (secondary N) is 1. The number of rotatable bonds is 1. The second kappa shape index (κ2) is 3.24. The average Bonchev–Trinajstić information content (AvgIpc) is 2.86. The third-order valence-corrected chi connectivity index (χ3v) is 3.93. The zero-order valence-electron chi connectivity index (χ0n) is 9.38. The molecule has 1 fully saturated rings. The zero-order valence-corrected chi connectivity index (χ0v) is 9.38. The van der Waals surface area contributed by atoms with Crippen molar-refractivity contribution in [3.05, 3.63) is 29.3 Å². The Labute approximate surface area is 94.8 Å². The van der Waals surface area contributed by atoms with Crippen molar-refractivity contribution in [3.63, 3.8) is 0 Å². The lowest BCUT2D eigenvalue weighted by atomic mass is 9.80. The van der Waals surface area contributed by atoms with Crippen molar-refractivity contribution in [1.82, 2.24) is 5.32 Å². The fourth-order valence-electron chi connectivity index (χ4n) is 3.00. The Morgan fingerprint density at radius 1 is 1.38 bits per heavy atom. The fraction of sp³-hybridized carbons (Fsp3) is 0.462. The highest BCUT2D eigenvalue weighted by Crippen LogP contribution is 2.45. The van der Waals surface area contributed by atoms with Crippen molar-refractivity contribution in [2.24, 2.45) is 0 Å². The van der Waals surface area contributed by atoms with Crippen LogP contribution in [0, 0.1) is 0 Å². The maximum atomic E-state index is 12.0. The second-order valence-corrected chi connectivity index (χ2v) is 4.61.